The fourth-order valence-corrected chi connectivity index (χ4v) is 3.44. The van der Waals surface area contributed by atoms with E-state index < -0.39 is 15.2 Å². The fraction of sp³-hybridized carbons (Fsp3) is 0.133. The number of sulfone groups is 1. The third-order valence-corrected chi connectivity index (χ3v) is 4.99. The maximum atomic E-state index is 12.7. The van der Waals surface area contributed by atoms with Gasteiger partial charge in [0, 0.05) is 10.6 Å². The lowest BCUT2D eigenvalue weighted by molar-refractivity contribution is 0.590. The van der Waals surface area contributed by atoms with Crippen molar-refractivity contribution in [2.24, 2.45) is 5.11 Å². The first-order valence-electron chi connectivity index (χ1n) is 6.32. The molecule has 0 spiro atoms. The van der Waals surface area contributed by atoms with Crippen molar-refractivity contribution in [2.45, 2.75) is 17.2 Å². The molecule has 6 nitrogen and oxygen atoms in total. The van der Waals surface area contributed by atoms with Gasteiger partial charge in [-0.25, -0.2) is 15.0 Å². The zero-order chi connectivity index (χ0) is 16.2. The van der Waals surface area contributed by atoms with Gasteiger partial charge in [-0.2, -0.15) is 0 Å². The molecule has 0 N–H and O–H groups in total. The minimum atomic E-state index is -3.90. The Balaban J connectivity index is 2.60. The van der Waals surface area contributed by atoms with Crippen LogP contribution in [0.15, 0.2) is 58.5 Å². The van der Waals surface area contributed by atoms with Crippen LogP contribution in [0.1, 0.15) is 16.5 Å². The van der Waals surface area contributed by atoms with Gasteiger partial charge < -0.3 is 0 Å². The lowest BCUT2D eigenvalue weighted by atomic mass is 10.2. The van der Waals surface area contributed by atoms with Crippen LogP contribution in [-0.4, -0.2) is 8.42 Å². The lowest BCUT2D eigenvalue weighted by Gasteiger charge is -2.10. The molecule has 0 aliphatic heterocycles. The first kappa shape index (κ1) is 15.6. The summed E-state index contributed by atoms with van der Waals surface area (Å²) in [5.74, 6) is 0. The van der Waals surface area contributed by atoms with E-state index in [1.165, 1.54) is 24.3 Å². The van der Waals surface area contributed by atoms with E-state index in [0.29, 0.717) is 0 Å². The highest BCUT2D eigenvalue weighted by atomic mass is 32.2. The second kappa shape index (κ2) is 6.31. The molecule has 0 saturated heterocycles. The average Bonchev–Trinajstić information content (AvgIpc) is 2.50. The molecule has 0 bridgehead atoms. The molecule has 0 saturated carbocycles. The molecule has 2 aromatic rings. The molecule has 110 valence electrons. The van der Waals surface area contributed by atoms with Gasteiger partial charge in [0.1, 0.15) is 0 Å². The summed E-state index contributed by atoms with van der Waals surface area (Å²) < 4.78 is 25.4. The highest BCUT2D eigenvalue weighted by Gasteiger charge is 2.35. The van der Waals surface area contributed by atoms with Crippen LogP contribution in [0.2, 0.25) is 0 Å². The van der Waals surface area contributed by atoms with Gasteiger partial charge in [-0.1, -0.05) is 41.0 Å². The Labute approximate surface area is 128 Å². The van der Waals surface area contributed by atoms with Crippen LogP contribution in [0.5, 0.6) is 0 Å². The summed E-state index contributed by atoms with van der Waals surface area (Å²) >= 11 is 0. The number of rotatable bonds is 4. The molecule has 0 fully saturated rings. The number of nitrogens with zero attached hydrogens (tertiary/aromatic N) is 4. The summed E-state index contributed by atoms with van der Waals surface area (Å²) in [4.78, 5) is 5.99. The third-order valence-electron chi connectivity index (χ3n) is 3.12. The van der Waals surface area contributed by atoms with E-state index in [-0.39, 0.29) is 16.1 Å². The molecule has 2 rings (SSSR count). The standard InChI is InChI=1S/C15H12N4O2S/c1-11-7-9-12(10-8-11)22(20,21)15(17-2)13-5-3-4-6-14(13)18-19-16/h3-10,15H,1H3. The van der Waals surface area contributed by atoms with Gasteiger partial charge in [0.15, 0.2) is 0 Å². The number of aryl methyl sites for hydroxylation is 1. The molecule has 1 atom stereocenters. The van der Waals surface area contributed by atoms with E-state index in [4.69, 9.17) is 12.1 Å². The molecule has 7 heteroatoms. The molecule has 0 aliphatic carbocycles. The normalized spacial score (nSPS) is 12.0. The van der Waals surface area contributed by atoms with Gasteiger partial charge in [-0.05, 0) is 30.7 Å². The maximum absolute atomic E-state index is 12.7. The highest BCUT2D eigenvalue weighted by molar-refractivity contribution is 7.91. The van der Waals surface area contributed by atoms with E-state index in [9.17, 15) is 8.42 Å². The van der Waals surface area contributed by atoms with Gasteiger partial charge in [0.2, 0.25) is 0 Å². The molecule has 0 amide bonds. The second-order valence-corrected chi connectivity index (χ2v) is 6.60. The van der Waals surface area contributed by atoms with Crippen molar-refractivity contribution in [3.63, 3.8) is 0 Å². The monoisotopic (exact) mass is 312 g/mol. The Morgan fingerprint density at radius 3 is 2.36 bits per heavy atom. The molecule has 1 unspecified atom stereocenters. The zero-order valence-electron chi connectivity index (χ0n) is 11.7. The van der Waals surface area contributed by atoms with Crippen LogP contribution in [-0.2, 0) is 9.84 Å². The first-order chi connectivity index (χ1) is 10.5. The van der Waals surface area contributed by atoms with Crippen LogP contribution in [0, 0.1) is 13.5 Å². The van der Waals surface area contributed by atoms with Crippen LogP contribution in [0.4, 0.5) is 5.69 Å². The second-order valence-electron chi connectivity index (χ2n) is 4.59. The van der Waals surface area contributed by atoms with Crippen molar-refractivity contribution in [3.05, 3.63) is 81.5 Å². The van der Waals surface area contributed by atoms with Crippen molar-refractivity contribution in [1.29, 1.82) is 0 Å². The van der Waals surface area contributed by atoms with E-state index in [0.717, 1.165) is 5.56 Å². The van der Waals surface area contributed by atoms with Crippen molar-refractivity contribution in [1.82, 2.24) is 0 Å². The Kier molecular flexibility index (Phi) is 4.47. The molecule has 0 aliphatic rings. The summed E-state index contributed by atoms with van der Waals surface area (Å²) in [6, 6.07) is 12.5. The van der Waals surface area contributed by atoms with Crippen LogP contribution in [0.25, 0.3) is 15.3 Å². The molecule has 0 radical (unpaired) electrons. The quantitative estimate of drug-likeness (QED) is 0.364. The molecule has 2 aromatic carbocycles. The van der Waals surface area contributed by atoms with Crippen molar-refractivity contribution in [3.8, 4) is 0 Å². The van der Waals surface area contributed by atoms with Crippen molar-refractivity contribution in [2.75, 3.05) is 0 Å². The van der Waals surface area contributed by atoms with Gasteiger partial charge in [0.25, 0.3) is 9.84 Å². The Morgan fingerprint density at radius 2 is 1.77 bits per heavy atom. The predicted octanol–water partition coefficient (Wildman–Crippen LogP) is 4.33. The van der Waals surface area contributed by atoms with Crippen molar-refractivity contribution >= 4 is 15.5 Å². The molecular formula is C15H12N4O2S. The maximum Gasteiger partial charge on any atom is 0.350 e. The molecular weight excluding hydrogens is 300 g/mol. The highest BCUT2D eigenvalue weighted by Crippen LogP contribution is 2.35. The fourth-order valence-electron chi connectivity index (χ4n) is 2.00. The molecule has 0 heterocycles. The van der Waals surface area contributed by atoms with E-state index in [2.05, 4.69) is 14.9 Å². The van der Waals surface area contributed by atoms with Gasteiger partial charge in [-0.15, -0.1) is 0 Å². The SMILES string of the molecule is [C-]#[N+]C(c1ccccc1N=[N+]=[N-])S(=O)(=O)c1ccc(C)cc1. The number of benzene rings is 2. The third kappa shape index (κ3) is 2.93. The number of hydrogen-bond acceptors (Lipinski definition) is 3. The Morgan fingerprint density at radius 1 is 1.14 bits per heavy atom. The Hall–Kier alpha value is -2.81. The topological polar surface area (TPSA) is 87.3 Å². The summed E-state index contributed by atoms with van der Waals surface area (Å²) in [6.45, 7) is 9.13. The van der Waals surface area contributed by atoms with Crippen LogP contribution < -0.4 is 0 Å². The largest absolute Gasteiger partial charge is 0.350 e. The molecule has 22 heavy (non-hydrogen) atoms. The van der Waals surface area contributed by atoms with E-state index in [1.54, 1.807) is 24.3 Å². The Bertz CT molecular complexity index is 877. The van der Waals surface area contributed by atoms with E-state index in [1.807, 2.05) is 6.92 Å². The lowest BCUT2D eigenvalue weighted by Crippen LogP contribution is -2.11. The smallest absolute Gasteiger partial charge is 0.291 e. The summed E-state index contributed by atoms with van der Waals surface area (Å²) in [5.41, 5.74) is 9.82. The first-order valence-corrected chi connectivity index (χ1v) is 7.86. The number of azide groups is 1. The minimum absolute atomic E-state index is 0.0647. The van der Waals surface area contributed by atoms with E-state index >= 15 is 0 Å². The predicted molar refractivity (Wildman–Crippen MR) is 83.0 cm³/mol. The summed E-state index contributed by atoms with van der Waals surface area (Å²) in [6.07, 6.45) is 0. The van der Waals surface area contributed by atoms with Gasteiger partial charge in [-0.3, -0.25) is 4.85 Å². The summed E-state index contributed by atoms with van der Waals surface area (Å²) in [5, 5.41) is 2.02. The van der Waals surface area contributed by atoms with Crippen LogP contribution >= 0.6 is 0 Å². The number of hydrogen-bond donors (Lipinski definition) is 0. The van der Waals surface area contributed by atoms with Gasteiger partial charge >= 0.3 is 5.37 Å². The van der Waals surface area contributed by atoms with Crippen molar-refractivity contribution < 1.29 is 8.42 Å². The average molecular weight is 312 g/mol. The minimum Gasteiger partial charge on any atom is -0.291 e. The molecule has 0 aromatic heterocycles. The van der Waals surface area contributed by atoms with Gasteiger partial charge in [0.05, 0.1) is 10.5 Å². The van der Waals surface area contributed by atoms with Crippen LogP contribution in [0.3, 0.4) is 0 Å². The summed E-state index contributed by atoms with van der Waals surface area (Å²) in [7, 11) is -3.90. The zero-order valence-corrected chi connectivity index (χ0v) is 12.5.